The van der Waals surface area contributed by atoms with Crippen LogP contribution in [0.3, 0.4) is 0 Å². The molecular formula is C19H23ClFN7O. The molecule has 0 aromatic carbocycles. The van der Waals surface area contributed by atoms with Crippen molar-refractivity contribution in [3.8, 4) is 11.4 Å². The molecule has 3 aromatic rings. The zero-order chi connectivity index (χ0) is 20.4. The number of anilines is 1. The van der Waals surface area contributed by atoms with Gasteiger partial charge in [0.25, 0.3) is 0 Å². The van der Waals surface area contributed by atoms with Crippen molar-refractivity contribution in [1.29, 1.82) is 0 Å². The summed E-state index contributed by atoms with van der Waals surface area (Å²) in [6.07, 6.45) is 5.74. The average molecular weight is 420 g/mol. The van der Waals surface area contributed by atoms with Crippen molar-refractivity contribution in [2.45, 2.75) is 25.0 Å². The quantitative estimate of drug-likeness (QED) is 0.483. The van der Waals surface area contributed by atoms with E-state index in [1.54, 1.807) is 18.5 Å². The van der Waals surface area contributed by atoms with Crippen LogP contribution < -0.4 is 11.1 Å². The van der Waals surface area contributed by atoms with E-state index in [1.165, 1.54) is 6.20 Å². The highest BCUT2D eigenvalue weighted by atomic mass is 35.5. The van der Waals surface area contributed by atoms with Gasteiger partial charge in [0.1, 0.15) is 5.65 Å². The molecule has 0 amide bonds. The third-order valence-electron chi connectivity index (χ3n) is 5.07. The van der Waals surface area contributed by atoms with Crippen LogP contribution in [-0.4, -0.2) is 68.3 Å². The number of nitrogens with zero attached hydrogens (tertiary/aromatic N) is 4. The number of likely N-dealkylation sites (tertiary alicyclic amines) is 1. The summed E-state index contributed by atoms with van der Waals surface area (Å²) in [5, 5.41) is 14.3. The zero-order valence-corrected chi connectivity index (χ0v) is 16.5. The van der Waals surface area contributed by atoms with Gasteiger partial charge < -0.3 is 21.1 Å². The fourth-order valence-corrected chi connectivity index (χ4v) is 3.82. The number of β-amino-alcohol motifs (C(OH)–C–C–N with tert-alkyl or cyclic N) is 1. The molecule has 29 heavy (non-hydrogen) atoms. The number of hydrogen-bond acceptors (Lipinski definition) is 7. The van der Waals surface area contributed by atoms with E-state index in [0.717, 1.165) is 24.8 Å². The predicted octanol–water partition coefficient (Wildman–Crippen LogP) is 2.01. The van der Waals surface area contributed by atoms with E-state index in [4.69, 9.17) is 17.3 Å². The number of H-pyrrole nitrogens is 1. The Morgan fingerprint density at radius 3 is 3.10 bits per heavy atom. The van der Waals surface area contributed by atoms with Gasteiger partial charge in [0, 0.05) is 49.0 Å². The van der Waals surface area contributed by atoms with Crippen LogP contribution in [0.15, 0.2) is 24.7 Å². The first kappa shape index (κ1) is 20.0. The summed E-state index contributed by atoms with van der Waals surface area (Å²) in [5.41, 5.74) is 6.87. The lowest BCUT2D eigenvalue weighted by Crippen LogP contribution is -2.46. The number of aliphatic hydroxyl groups is 1. The summed E-state index contributed by atoms with van der Waals surface area (Å²) in [6, 6.07) is 1.79. The number of aromatic amines is 1. The number of aromatic nitrogens is 4. The first-order chi connectivity index (χ1) is 14.0. The molecule has 5 N–H and O–H groups in total. The van der Waals surface area contributed by atoms with Crippen LogP contribution in [0.1, 0.15) is 12.8 Å². The van der Waals surface area contributed by atoms with Crippen molar-refractivity contribution in [2.24, 2.45) is 5.73 Å². The second-order valence-corrected chi connectivity index (χ2v) is 7.71. The Morgan fingerprint density at radius 1 is 1.41 bits per heavy atom. The Hall–Kier alpha value is -2.33. The molecule has 4 heterocycles. The minimum atomic E-state index is -0.557. The molecule has 1 aliphatic heterocycles. The molecule has 1 fully saturated rings. The van der Waals surface area contributed by atoms with Gasteiger partial charge in [0.2, 0.25) is 0 Å². The van der Waals surface area contributed by atoms with Crippen molar-refractivity contribution in [3.63, 3.8) is 0 Å². The molecule has 0 saturated carbocycles. The van der Waals surface area contributed by atoms with E-state index < -0.39 is 11.9 Å². The molecular weight excluding hydrogens is 397 g/mol. The van der Waals surface area contributed by atoms with Gasteiger partial charge in [-0.1, -0.05) is 11.6 Å². The number of aliphatic hydroxyl groups excluding tert-OH is 1. The first-order valence-electron chi connectivity index (χ1n) is 9.56. The average Bonchev–Trinajstić information content (AvgIpc) is 3.13. The summed E-state index contributed by atoms with van der Waals surface area (Å²) in [4.78, 5) is 18.0. The van der Waals surface area contributed by atoms with Gasteiger partial charge in [-0.3, -0.25) is 4.90 Å². The van der Waals surface area contributed by atoms with Crippen LogP contribution in [-0.2, 0) is 0 Å². The zero-order valence-electron chi connectivity index (χ0n) is 15.8. The molecule has 10 heteroatoms. The molecule has 8 nitrogen and oxygen atoms in total. The molecule has 1 aliphatic rings. The molecule has 0 radical (unpaired) electrons. The van der Waals surface area contributed by atoms with Crippen LogP contribution in [0, 0.1) is 5.82 Å². The molecule has 0 bridgehead atoms. The largest absolute Gasteiger partial charge is 0.390 e. The van der Waals surface area contributed by atoms with E-state index in [-0.39, 0.29) is 18.4 Å². The predicted molar refractivity (Wildman–Crippen MR) is 110 cm³/mol. The van der Waals surface area contributed by atoms with Gasteiger partial charge >= 0.3 is 0 Å². The topological polar surface area (TPSA) is 116 Å². The number of piperidine rings is 1. The molecule has 1 saturated heterocycles. The molecule has 0 spiro atoms. The summed E-state index contributed by atoms with van der Waals surface area (Å²) in [7, 11) is 0. The normalized spacial score (nSPS) is 18.8. The van der Waals surface area contributed by atoms with Crippen molar-refractivity contribution in [1.82, 2.24) is 24.8 Å². The number of rotatable bonds is 6. The van der Waals surface area contributed by atoms with E-state index in [2.05, 4.69) is 30.2 Å². The van der Waals surface area contributed by atoms with E-state index >= 15 is 0 Å². The Morgan fingerprint density at radius 2 is 2.28 bits per heavy atom. The summed E-state index contributed by atoms with van der Waals surface area (Å²) >= 11 is 6.06. The maximum Gasteiger partial charge on any atom is 0.183 e. The Labute approximate surface area is 172 Å². The fraction of sp³-hybridized carbons (Fsp3) is 0.421. The lowest BCUT2D eigenvalue weighted by molar-refractivity contribution is 0.103. The van der Waals surface area contributed by atoms with Gasteiger partial charge in [-0.25, -0.2) is 19.3 Å². The molecule has 154 valence electrons. The fourth-order valence-electron chi connectivity index (χ4n) is 3.67. The standard InChI is InChI=1S/C19H23ClFN7O/c20-11-4-14-15(7-24-17(14)23-6-11)18-25-8-16(21)19(27-18)26-12-2-1-3-28(9-12)10-13(29)5-22/h4,6-8,12-13,29H,1-3,5,9-10,22H2,(H,23,24)(H,25,26,27). The SMILES string of the molecule is NCC(O)CN1CCCC(Nc2nc(-c3c[nH]c4ncc(Cl)cc34)ncc2F)C1. The van der Waals surface area contributed by atoms with Crippen LogP contribution >= 0.6 is 11.6 Å². The van der Waals surface area contributed by atoms with Crippen molar-refractivity contribution >= 4 is 28.5 Å². The summed E-state index contributed by atoms with van der Waals surface area (Å²) in [5.74, 6) is 0.0323. The molecule has 4 rings (SSSR count). The van der Waals surface area contributed by atoms with Gasteiger partial charge in [-0.05, 0) is 25.5 Å². The molecule has 2 unspecified atom stereocenters. The lowest BCUT2D eigenvalue weighted by atomic mass is 10.1. The highest BCUT2D eigenvalue weighted by molar-refractivity contribution is 6.31. The first-order valence-corrected chi connectivity index (χ1v) is 9.94. The molecule has 3 aromatic heterocycles. The second-order valence-electron chi connectivity index (χ2n) is 7.27. The lowest BCUT2D eigenvalue weighted by Gasteiger charge is -2.34. The summed E-state index contributed by atoms with van der Waals surface area (Å²) in [6.45, 7) is 2.30. The van der Waals surface area contributed by atoms with Crippen LogP contribution in [0.25, 0.3) is 22.4 Å². The Bertz CT molecular complexity index is 998. The van der Waals surface area contributed by atoms with Crippen molar-refractivity contribution in [3.05, 3.63) is 35.5 Å². The van der Waals surface area contributed by atoms with E-state index in [0.29, 0.717) is 35.1 Å². The minimum absolute atomic E-state index is 0.0186. The summed E-state index contributed by atoms with van der Waals surface area (Å²) < 4.78 is 14.4. The number of fused-ring (bicyclic) bond motifs is 1. The third kappa shape index (κ3) is 4.48. The maximum absolute atomic E-state index is 14.4. The smallest absolute Gasteiger partial charge is 0.183 e. The van der Waals surface area contributed by atoms with Crippen LogP contribution in [0.5, 0.6) is 0 Å². The van der Waals surface area contributed by atoms with Crippen molar-refractivity contribution < 1.29 is 9.50 Å². The Kier molecular flexibility index (Phi) is 5.91. The Balaban J connectivity index is 1.55. The van der Waals surface area contributed by atoms with Crippen LogP contribution in [0.4, 0.5) is 10.2 Å². The van der Waals surface area contributed by atoms with Gasteiger partial charge in [-0.15, -0.1) is 0 Å². The van der Waals surface area contributed by atoms with E-state index in [1.807, 2.05) is 0 Å². The number of pyridine rings is 1. The molecule has 2 atom stereocenters. The number of nitrogens with two attached hydrogens (primary N) is 1. The van der Waals surface area contributed by atoms with Gasteiger partial charge in [-0.2, -0.15) is 0 Å². The maximum atomic E-state index is 14.4. The second kappa shape index (κ2) is 8.58. The monoisotopic (exact) mass is 419 g/mol. The third-order valence-corrected chi connectivity index (χ3v) is 5.28. The van der Waals surface area contributed by atoms with Crippen molar-refractivity contribution in [2.75, 3.05) is 31.5 Å². The van der Waals surface area contributed by atoms with Gasteiger partial charge in [0.05, 0.1) is 17.3 Å². The number of hydrogen-bond donors (Lipinski definition) is 4. The highest BCUT2D eigenvalue weighted by Gasteiger charge is 2.23. The van der Waals surface area contributed by atoms with E-state index in [9.17, 15) is 9.50 Å². The van der Waals surface area contributed by atoms with Gasteiger partial charge in [0.15, 0.2) is 17.5 Å². The number of nitrogens with one attached hydrogen (secondary N) is 2. The van der Waals surface area contributed by atoms with Crippen LogP contribution in [0.2, 0.25) is 5.02 Å². The molecule has 0 aliphatic carbocycles. The number of halogens is 2. The highest BCUT2D eigenvalue weighted by Crippen LogP contribution is 2.28. The minimum Gasteiger partial charge on any atom is -0.390 e.